The van der Waals surface area contributed by atoms with Gasteiger partial charge in [-0.3, -0.25) is 4.79 Å². The van der Waals surface area contributed by atoms with Crippen molar-refractivity contribution in [2.45, 2.75) is 46.2 Å². The standard InChI is InChI=1S/C14H24N2OS/c1-4-12(9-15)8-14(17)16(11(2)3)10-13-6-5-7-18-13/h5-7,11-12H,4,8-10,15H2,1-3H3. The Labute approximate surface area is 114 Å². The van der Waals surface area contributed by atoms with Crippen LogP contribution >= 0.6 is 11.3 Å². The second-order valence-corrected chi connectivity index (χ2v) is 5.94. The van der Waals surface area contributed by atoms with E-state index >= 15 is 0 Å². The average molecular weight is 268 g/mol. The van der Waals surface area contributed by atoms with Gasteiger partial charge in [0.15, 0.2) is 0 Å². The van der Waals surface area contributed by atoms with E-state index in [4.69, 9.17) is 5.73 Å². The molecule has 1 rings (SSSR count). The Morgan fingerprint density at radius 2 is 2.22 bits per heavy atom. The summed E-state index contributed by atoms with van der Waals surface area (Å²) in [4.78, 5) is 15.5. The van der Waals surface area contributed by atoms with E-state index in [9.17, 15) is 4.79 Å². The molecule has 0 aromatic carbocycles. The zero-order valence-corrected chi connectivity index (χ0v) is 12.4. The molecule has 1 amide bonds. The van der Waals surface area contributed by atoms with E-state index in [1.54, 1.807) is 11.3 Å². The molecular formula is C14H24N2OS. The van der Waals surface area contributed by atoms with Crippen LogP contribution in [-0.2, 0) is 11.3 Å². The lowest BCUT2D eigenvalue weighted by molar-refractivity contribution is -0.134. The Balaban J connectivity index is 2.63. The third-order valence-electron chi connectivity index (χ3n) is 3.22. The number of hydrogen-bond donors (Lipinski definition) is 1. The summed E-state index contributed by atoms with van der Waals surface area (Å²) < 4.78 is 0. The fourth-order valence-electron chi connectivity index (χ4n) is 1.89. The van der Waals surface area contributed by atoms with Gasteiger partial charge in [-0.2, -0.15) is 0 Å². The maximum atomic E-state index is 12.3. The quantitative estimate of drug-likeness (QED) is 0.826. The van der Waals surface area contributed by atoms with Gasteiger partial charge in [0, 0.05) is 17.3 Å². The molecule has 0 aliphatic rings. The summed E-state index contributed by atoms with van der Waals surface area (Å²) >= 11 is 1.70. The molecule has 0 fully saturated rings. The Morgan fingerprint density at radius 1 is 1.50 bits per heavy atom. The zero-order chi connectivity index (χ0) is 13.5. The second-order valence-electron chi connectivity index (χ2n) is 4.91. The molecule has 4 heteroatoms. The van der Waals surface area contributed by atoms with Gasteiger partial charge in [0.25, 0.3) is 0 Å². The van der Waals surface area contributed by atoms with Crippen molar-refractivity contribution in [1.29, 1.82) is 0 Å². The van der Waals surface area contributed by atoms with Gasteiger partial charge in [0.1, 0.15) is 0 Å². The largest absolute Gasteiger partial charge is 0.335 e. The third kappa shape index (κ3) is 4.42. The van der Waals surface area contributed by atoms with Gasteiger partial charge in [0.2, 0.25) is 5.91 Å². The first-order chi connectivity index (χ1) is 8.58. The maximum absolute atomic E-state index is 12.3. The molecule has 0 aliphatic heterocycles. The highest BCUT2D eigenvalue weighted by atomic mass is 32.1. The number of carbonyl (C=O) groups is 1. The molecule has 0 saturated carbocycles. The smallest absolute Gasteiger partial charge is 0.223 e. The number of rotatable bonds is 7. The monoisotopic (exact) mass is 268 g/mol. The Morgan fingerprint density at radius 3 is 2.67 bits per heavy atom. The lowest BCUT2D eigenvalue weighted by atomic mass is 10.0. The van der Waals surface area contributed by atoms with Crippen LogP contribution in [0.1, 0.15) is 38.5 Å². The Hall–Kier alpha value is -0.870. The molecule has 1 unspecified atom stereocenters. The van der Waals surface area contributed by atoms with Crippen LogP contribution in [-0.4, -0.2) is 23.4 Å². The SMILES string of the molecule is CCC(CN)CC(=O)N(Cc1cccs1)C(C)C. The summed E-state index contributed by atoms with van der Waals surface area (Å²) in [5.74, 6) is 0.526. The Kier molecular flexibility index (Phi) is 6.36. The number of hydrogen-bond acceptors (Lipinski definition) is 3. The molecule has 1 atom stereocenters. The highest BCUT2D eigenvalue weighted by Gasteiger charge is 2.20. The van der Waals surface area contributed by atoms with Crippen LogP contribution in [0.25, 0.3) is 0 Å². The Bertz CT molecular complexity index is 345. The van der Waals surface area contributed by atoms with Crippen molar-refractivity contribution in [3.05, 3.63) is 22.4 Å². The van der Waals surface area contributed by atoms with Gasteiger partial charge in [0.05, 0.1) is 6.54 Å². The predicted molar refractivity (Wildman–Crippen MR) is 77.5 cm³/mol. The first-order valence-electron chi connectivity index (χ1n) is 6.60. The summed E-state index contributed by atoms with van der Waals surface area (Å²) in [6, 6.07) is 4.33. The van der Waals surface area contributed by atoms with E-state index in [1.807, 2.05) is 16.3 Å². The zero-order valence-electron chi connectivity index (χ0n) is 11.6. The molecule has 0 spiro atoms. The van der Waals surface area contributed by atoms with Gasteiger partial charge in [-0.05, 0) is 37.8 Å². The number of carbonyl (C=O) groups excluding carboxylic acids is 1. The minimum atomic E-state index is 0.218. The van der Waals surface area contributed by atoms with Crippen molar-refractivity contribution in [3.8, 4) is 0 Å². The predicted octanol–water partition coefficient (Wildman–Crippen LogP) is 2.86. The molecule has 3 nitrogen and oxygen atoms in total. The second kappa shape index (κ2) is 7.54. The van der Waals surface area contributed by atoms with Crippen molar-refractivity contribution in [2.75, 3.05) is 6.54 Å². The van der Waals surface area contributed by atoms with Crippen LogP contribution in [0.5, 0.6) is 0 Å². The normalized spacial score (nSPS) is 12.7. The molecule has 2 N–H and O–H groups in total. The summed E-state index contributed by atoms with van der Waals surface area (Å²) in [7, 11) is 0. The van der Waals surface area contributed by atoms with Crippen LogP contribution in [0.2, 0.25) is 0 Å². The van der Waals surface area contributed by atoms with Gasteiger partial charge in [-0.25, -0.2) is 0 Å². The fourth-order valence-corrected chi connectivity index (χ4v) is 2.59. The van der Waals surface area contributed by atoms with Gasteiger partial charge in [-0.1, -0.05) is 19.4 Å². The van der Waals surface area contributed by atoms with Crippen molar-refractivity contribution in [2.24, 2.45) is 11.7 Å². The number of nitrogens with two attached hydrogens (primary N) is 1. The van der Waals surface area contributed by atoms with Crippen LogP contribution in [0.4, 0.5) is 0 Å². The van der Waals surface area contributed by atoms with Crippen LogP contribution in [0.3, 0.4) is 0 Å². The molecule has 0 saturated heterocycles. The van der Waals surface area contributed by atoms with E-state index < -0.39 is 0 Å². The first kappa shape index (κ1) is 15.2. The first-order valence-corrected chi connectivity index (χ1v) is 7.48. The lowest BCUT2D eigenvalue weighted by Crippen LogP contribution is -2.37. The molecule has 1 aromatic heterocycles. The topological polar surface area (TPSA) is 46.3 Å². The number of thiophene rings is 1. The molecule has 0 aliphatic carbocycles. The van der Waals surface area contributed by atoms with Crippen LogP contribution in [0, 0.1) is 5.92 Å². The number of nitrogens with zero attached hydrogens (tertiary/aromatic N) is 1. The molecule has 0 bridgehead atoms. The molecule has 18 heavy (non-hydrogen) atoms. The van der Waals surface area contributed by atoms with E-state index in [0.29, 0.717) is 18.9 Å². The third-order valence-corrected chi connectivity index (χ3v) is 4.09. The van der Waals surface area contributed by atoms with E-state index in [1.165, 1.54) is 4.88 Å². The van der Waals surface area contributed by atoms with E-state index in [0.717, 1.165) is 13.0 Å². The van der Waals surface area contributed by atoms with Crippen molar-refractivity contribution < 1.29 is 4.79 Å². The summed E-state index contributed by atoms with van der Waals surface area (Å²) in [5, 5.41) is 2.05. The van der Waals surface area contributed by atoms with Crippen LogP contribution < -0.4 is 5.73 Å². The molecular weight excluding hydrogens is 244 g/mol. The van der Waals surface area contributed by atoms with Gasteiger partial charge < -0.3 is 10.6 Å². The molecule has 1 heterocycles. The molecule has 1 aromatic rings. The van der Waals surface area contributed by atoms with E-state index in [-0.39, 0.29) is 11.9 Å². The van der Waals surface area contributed by atoms with Gasteiger partial charge >= 0.3 is 0 Å². The lowest BCUT2D eigenvalue weighted by Gasteiger charge is -2.28. The van der Waals surface area contributed by atoms with Crippen LogP contribution in [0.15, 0.2) is 17.5 Å². The number of amides is 1. The van der Waals surface area contributed by atoms with Crippen molar-refractivity contribution in [3.63, 3.8) is 0 Å². The minimum absolute atomic E-state index is 0.218. The summed E-state index contributed by atoms with van der Waals surface area (Å²) in [5.41, 5.74) is 5.68. The molecule has 0 radical (unpaired) electrons. The van der Waals surface area contributed by atoms with E-state index in [2.05, 4.69) is 26.8 Å². The minimum Gasteiger partial charge on any atom is -0.335 e. The van der Waals surface area contributed by atoms with Crippen molar-refractivity contribution >= 4 is 17.2 Å². The van der Waals surface area contributed by atoms with Gasteiger partial charge in [-0.15, -0.1) is 11.3 Å². The van der Waals surface area contributed by atoms with Crippen molar-refractivity contribution in [1.82, 2.24) is 4.90 Å². The maximum Gasteiger partial charge on any atom is 0.223 e. The summed E-state index contributed by atoms with van der Waals surface area (Å²) in [6.45, 7) is 7.52. The highest BCUT2D eigenvalue weighted by Crippen LogP contribution is 2.17. The molecule has 102 valence electrons. The average Bonchev–Trinajstić information content (AvgIpc) is 2.85. The fraction of sp³-hybridized carbons (Fsp3) is 0.643. The summed E-state index contributed by atoms with van der Waals surface area (Å²) in [6.07, 6.45) is 1.53. The highest BCUT2D eigenvalue weighted by molar-refractivity contribution is 7.09.